The molecule has 0 bridgehead atoms. The van der Waals surface area contributed by atoms with Gasteiger partial charge in [-0.3, -0.25) is 0 Å². The number of hydrogen-bond acceptors (Lipinski definition) is 0. The van der Waals surface area contributed by atoms with Gasteiger partial charge in [-0.25, -0.2) is 0 Å². The predicted octanol–water partition coefficient (Wildman–Crippen LogP) is 4.54. The molecule has 3 unspecified atom stereocenters. The minimum Gasteiger partial charge on any atom is -0.0622 e. The van der Waals surface area contributed by atoms with Crippen LogP contribution in [0.1, 0.15) is 51.0 Å². The summed E-state index contributed by atoms with van der Waals surface area (Å²) in [6, 6.07) is 11.3. The molecule has 0 nitrogen and oxygen atoms in total. The fourth-order valence-corrected chi connectivity index (χ4v) is 4.32. The van der Waals surface area contributed by atoms with Crippen molar-refractivity contribution in [1.29, 1.82) is 0 Å². The maximum Gasteiger partial charge on any atom is -0.00444 e. The first kappa shape index (κ1) is 10.4. The summed E-state index contributed by atoms with van der Waals surface area (Å²) < 4.78 is 0. The van der Waals surface area contributed by atoms with Gasteiger partial charge in [0.25, 0.3) is 0 Å². The molecule has 2 saturated carbocycles. The summed E-state index contributed by atoms with van der Waals surface area (Å²) in [6.45, 7) is 2.52. The summed E-state index contributed by atoms with van der Waals surface area (Å²) in [7, 11) is 0. The van der Waals surface area contributed by atoms with E-state index >= 15 is 0 Å². The van der Waals surface area contributed by atoms with E-state index in [0.717, 1.165) is 11.8 Å². The number of fused-ring (bicyclic) bond motifs is 1. The summed E-state index contributed by atoms with van der Waals surface area (Å²) in [4.78, 5) is 0. The van der Waals surface area contributed by atoms with Crippen LogP contribution in [-0.2, 0) is 5.41 Å². The van der Waals surface area contributed by atoms with Crippen LogP contribution in [0.4, 0.5) is 0 Å². The van der Waals surface area contributed by atoms with Crippen molar-refractivity contribution in [3.8, 4) is 0 Å². The molecule has 0 heteroatoms. The van der Waals surface area contributed by atoms with Crippen molar-refractivity contribution < 1.29 is 0 Å². The van der Waals surface area contributed by atoms with Crippen molar-refractivity contribution in [2.75, 3.05) is 0 Å². The van der Waals surface area contributed by atoms with E-state index in [9.17, 15) is 0 Å². The molecule has 0 aliphatic heterocycles. The molecule has 0 saturated heterocycles. The van der Waals surface area contributed by atoms with Gasteiger partial charge in [0.05, 0.1) is 0 Å². The Hall–Kier alpha value is -0.780. The second-order valence-corrected chi connectivity index (χ2v) is 5.97. The SMILES string of the molecule is CC1(c2ccccc2)CCCC2CCCC21. The van der Waals surface area contributed by atoms with Gasteiger partial charge in [0.15, 0.2) is 0 Å². The van der Waals surface area contributed by atoms with Gasteiger partial charge in [-0.15, -0.1) is 0 Å². The minimum atomic E-state index is 0.473. The lowest BCUT2D eigenvalue weighted by atomic mass is 9.61. The van der Waals surface area contributed by atoms with Crippen molar-refractivity contribution in [3.05, 3.63) is 35.9 Å². The third-order valence-corrected chi connectivity index (χ3v) is 5.18. The molecule has 2 aliphatic carbocycles. The summed E-state index contributed by atoms with van der Waals surface area (Å²) in [6.07, 6.45) is 8.76. The quantitative estimate of drug-likeness (QED) is 0.643. The smallest absolute Gasteiger partial charge is 0.00444 e. The van der Waals surface area contributed by atoms with E-state index in [2.05, 4.69) is 37.3 Å². The zero-order valence-electron chi connectivity index (χ0n) is 10.3. The van der Waals surface area contributed by atoms with Crippen LogP contribution in [0.2, 0.25) is 0 Å². The summed E-state index contributed by atoms with van der Waals surface area (Å²) in [5.74, 6) is 1.99. The van der Waals surface area contributed by atoms with Gasteiger partial charge in [-0.2, -0.15) is 0 Å². The highest BCUT2D eigenvalue weighted by molar-refractivity contribution is 5.27. The number of rotatable bonds is 1. The lowest BCUT2D eigenvalue weighted by Gasteiger charge is -2.44. The highest BCUT2D eigenvalue weighted by Gasteiger charge is 2.44. The van der Waals surface area contributed by atoms with Crippen LogP contribution in [-0.4, -0.2) is 0 Å². The van der Waals surface area contributed by atoms with Gasteiger partial charge >= 0.3 is 0 Å². The molecule has 2 aliphatic rings. The van der Waals surface area contributed by atoms with Gasteiger partial charge in [-0.1, -0.05) is 62.9 Å². The zero-order chi connectivity index (χ0) is 11.0. The third kappa shape index (κ3) is 1.50. The Bertz CT molecular complexity index is 354. The van der Waals surface area contributed by atoms with E-state index in [-0.39, 0.29) is 0 Å². The number of hydrogen-bond donors (Lipinski definition) is 0. The first-order valence-corrected chi connectivity index (χ1v) is 6.86. The first-order valence-electron chi connectivity index (χ1n) is 6.86. The van der Waals surface area contributed by atoms with Crippen LogP contribution < -0.4 is 0 Å². The summed E-state index contributed by atoms with van der Waals surface area (Å²) >= 11 is 0. The van der Waals surface area contributed by atoms with Crippen LogP contribution in [0, 0.1) is 11.8 Å². The Morgan fingerprint density at radius 2 is 1.75 bits per heavy atom. The molecule has 2 fully saturated rings. The van der Waals surface area contributed by atoms with Gasteiger partial charge < -0.3 is 0 Å². The Morgan fingerprint density at radius 1 is 1.00 bits per heavy atom. The highest BCUT2D eigenvalue weighted by Crippen LogP contribution is 2.53. The maximum absolute atomic E-state index is 2.52. The topological polar surface area (TPSA) is 0 Å². The monoisotopic (exact) mass is 214 g/mol. The summed E-state index contributed by atoms with van der Waals surface area (Å²) in [5.41, 5.74) is 2.06. The molecule has 0 aromatic heterocycles. The minimum absolute atomic E-state index is 0.473. The van der Waals surface area contributed by atoms with Crippen LogP contribution in [0.3, 0.4) is 0 Å². The van der Waals surface area contributed by atoms with Crippen molar-refractivity contribution >= 4 is 0 Å². The molecule has 0 heterocycles. The highest BCUT2D eigenvalue weighted by atomic mass is 14.5. The average Bonchev–Trinajstić information content (AvgIpc) is 2.80. The molecule has 3 rings (SSSR count). The van der Waals surface area contributed by atoms with Crippen LogP contribution in [0.15, 0.2) is 30.3 Å². The lowest BCUT2D eigenvalue weighted by Crippen LogP contribution is -2.37. The third-order valence-electron chi connectivity index (χ3n) is 5.18. The molecule has 0 radical (unpaired) electrons. The lowest BCUT2D eigenvalue weighted by molar-refractivity contribution is 0.154. The van der Waals surface area contributed by atoms with Crippen LogP contribution >= 0.6 is 0 Å². The second kappa shape index (κ2) is 3.91. The maximum atomic E-state index is 2.52. The van der Waals surface area contributed by atoms with Crippen molar-refractivity contribution in [2.45, 2.75) is 50.9 Å². The number of benzene rings is 1. The van der Waals surface area contributed by atoms with Crippen molar-refractivity contribution in [3.63, 3.8) is 0 Å². The van der Waals surface area contributed by atoms with Crippen LogP contribution in [0.5, 0.6) is 0 Å². The summed E-state index contributed by atoms with van der Waals surface area (Å²) in [5, 5.41) is 0. The second-order valence-electron chi connectivity index (χ2n) is 5.97. The van der Waals surface area contributed by atoms with E-state index in [1.54, 1.807) is 5.56 Å². The Kier molecular flexibility index (Phi) is 2.53. The molecule has 0 amide bonds. The Labute approximate surface area is 99.1 Å². The average molecular weight is 214 g/mol. The first-order chi connectivity index (χ1) is 7.81. The molecule has 1 aromatic rings. The molecule has 0 N–H and O–H groups in total. The van der Waals surface area contributed by atoms with Gasteiger partial charge in [0, 0.05) is 0 Å². The van der Waals surface area contributed by atoms with Gasteiger partial charge in [-0.05, 0) is 35.7 Å². The van der Waals surface area contributed by atoms with E-state index in [0.29, 0.717) is 5.41 Å². The molecule has 16 heavy (non-hydrogen) atoms. The largest absolute Gasteiger partial charge is 0.0622 e. The molecule has 0 spiro atoms. The molecular formula is C16H22. The fourth-order valence-electron chi connectivity index (χ4n) is 4.32. The normalized spacial score (nSPS) is 38.3. The molecular weight excluding hydrogens is 192 g/mol. The Balaban J connectivity index is 1.96. The predicted molar refractivity (Wildman–Crippen MR) is 68.5 cm³/mol. The zero-order valence-corrected chi connectivity index (χ0v) is 10.3. The van der Waals surface area contributed by atoms with E-state index in [1.807, 2.05) is 0 Å². The van der Waals surface area contributed by atoms with Crippen molar-refractivity contribution in [1.82, 2.24) is 0 Å². The van der Waals surface area contributed by atoms with Crippen molar-refractivity contribution in [2.24, 2.45) is 11.8 Å². The molecule has 3 atom stereocenters. The standard InChI is InChI=1S/C16H22/c1-16(14-9-3-2-4-10-14)12-6-8-13-7-5-11-15(13)16/h2-4,9-10,13,15H,5-8,11-12H2,1H3. The van der Waals surface area contributed by atoms with Gasteiger partial charge in [0.1, 0.15) is 0 Å². The molecule has 1 aromatic carbocycles. The van der Waals surface area contributed by atoms with E-state index in [1.165, 1.54) is 38.5 Å². The molecule has 86 valence electrons. The fraction of sp³-hybridized carbons (Fsp3) is 0.625. The Morgan fingerprint density at radius 3 is 2.56 bits per heavy atom. The van der Waals surface area contributed by atoms with E-state index in [4.69, 9.17) is 0 Å². The van der Waals surface area contributed by atoms with Crippen LogP contribution in [0.25, 0.3) is 0 Å². The van der Waals surface area contributed by atoms with Gasteiger partial charge in [0.2, 0.25) is 0 Å². The van der Waals surface area contributed by atoms with E-state index < -0.39 is 0 Å².